The standard InChI is InChI=1S/C20H22N2O3/c1-5-22(14(2)16-8-6-15(13-21)7-9-16)20(23)17-10-18(24-3)12-19(11-17)25-4/h6-12,14H,5H2,1-4H3. The van der Waals surface area contributed by atoms with Gasteiger partial charge in [0.1, 0.15) is 11.5 Å². The van der Waals surface area contributed by atoms with E-state index in [0.717, 1.165) is 5.56 Å². The number of amides is 1. The molecule has 0 aromatic heterocycles. The van der Waals surface area contributed by atoms with Crippen LogP contribution in [-0.4, -0.2) is 31.6 Å². The van der Waals surface area contributed by atoms with Crippen molar-refractivity contribution in [1.29, 1.82) is 5.26 Å². The van der Waals surface area contributed by atoms with Crippen molar-refractivity contribution in [3.8, 4) is 17.6 Å². The lowest BCUT2D eigenvalue weighted by Gasteiger charge is -2.29. The van der Waals surface area contributed by atoms with Gasteiger partial charge in [0.25, 0.3) is 5.91 Å². The molecule has 5 nitrogen and oxygen atoms in total. The van der Waals surface area contributed by atoms with Gasteiger partial charge in [-0.15, -0.1) is 0 Å². The summed E-state index contributed by atoms with van der Waals surface area (Å²) in [4.78, 5) is 14.8. The highest BCUT2D eigenvalue weighted by Gasteiger charge is 2.22. The molecule has 0 aliphatic heterocycles. The molecule has 1 unspecified atom stereocenters. The Labute approximate surface area is 148 Å². The Hall–Kier alpha value is -3.00. The van der Waals surface area contributed by atoms with Gasteiger partial charge in [-0.05, 0) is 43.7 Å². The second kappa shape index (κ2) is 8.20. The van der Waals surface area contributed by atoms with E-state index in [4.69, 9.17) is 14.7 Å². The second-order valence-corrected chi connectivity index (χ2v) is 5.60. The topological polar surface area (TPSA) is 62.6 Å². The van der Waals surface area contributed by atoms with Crippen LogP contribution in [-0.2, 0) is 0 Å². The molecule has 0 saturated heterocycles. The highest BCUT2D eigenvalue weighted by Crippen LogP contribution is 2.27. The van der Waals surface area contributed by atoms with Crippen LogP contribution in [0.2, 0.25) is 0 Å². The van der Waals surface area contributed by atoms with Crippen LogP contribution < -0.4 is 9.47 Å². The molecule has 0 saturated carbocycles. The minimum Gasteiger partial charge on any atom is -0.497 e. The van der Waals surface area contributed by atoms with Crippen LogP contribution in [0.15, 0.2) is 42.5 Å². The fraction of sp³-hybridized carbons (Fsp3) is 0.300. The number of methoxy groups -OCH3 is 2. The number of carbonyl (C=O) groups is 1. The van der Waals surface area contributed by atoms with Gasteiger partial charge in [-0.25, -0.2) is 0 Å². The van der Waals surface area contributed by atoms with Crippen LogP contribution in [0.1, 0.15) is 41.4 Å². The number of nitriles is 1. The molecule has 0 aliphatic carbocycles. The molecule has 2 aromatic carbocycles. The molecular weight excluding hydrogens is 316 g/mol. The van der Waals surface area contributed by atoms with Crippen LogP contribution in [0.5, 0.6) is 11.5 Å². The molecule has 130 valence electrons. The third-order valence-electron chi connectivity index (χ3n) is 4.19. The van der Waals surface area contributed by atoms with Gasteiger partial charge in [0.2, 0.25) is 0 Å². The fourth-order valence-electron chi connectivity index (χ4n) is 2.71. The highest BCUT2D eigenvalue weighted by atomic mass is 16.5. The Morgan fingerprint density at radius 2 is 1.68 bits per heavy atom. The van der Waals surface area contributed by atoms with Crippen LogP contribution in [0, 0.1) is 11.3 Å². The predicted molar refractivity (Wildman–Crippen MR) is 95.8 cm³/mol. The van der Waals surface area contributed by atoms with Crippen molar-refractivity contribution in [1.82, 2.24) is 4.90 Å². The zero-order chi connectivity index (χ0) is 18.4. The lowest BCUT2D eigenvalue weighted by molar-refractivity contribution is 0.0701. The fourth-order valence-corrected chi connectivity index (χ4v) is 2.71. The number of ether oxygens (including phenoxy) is 2. The van der Waals surface area contributed by atoms with Crippen molar-refractivity contribution in [2.45, 2.75) is 19.9 Å². The van der Waals surface area contributed by atoms with Crippen LogP contribution >= 0.6 is 0 Å². The van der Waals surface area contributed by atoms with Gasteiger partial charge in [-0.1, -0.05) is 12.1 Å². The van der Waals surface area contributed by atoms with E-state index in [1.165, 1.54) is 0 Å². The summed E-state index contributed by atoms with van der Waals surface area (Å²) in [7, 11) is 3.11. The zero-order valence-corrected chi connectivity index (χ0v) is 14.9. The minimum absolute atomic E-state index is 0.100. The first-order valence-electron chi connectivity index (χ1n) is 8.08. The molecule has 5 heteroatoms. The molecule has 0 N–H and O–H groups in total. The average molecular weight is 338 g/mol. The van der Waals surface area contributed by atoms with Gasteiger partial charge in [0.05, 0.1) is 31.9 Å². The maximum atomic E-state index is 13.0. The van der Waals surface area contributed by atoms with Crippen molar-refractivity contribution in [3.63, 3.8) is 0 Å². The Kier molecular flexibility index (Phi) is 6.02. The number of carbonyl (C=O) groups excluding carboxylic acids is 1. The summed E-state index contributed by atoms with van der Waals surface area (Å²) >= 11 is 0. The van der Waals surface area contributed by atoms with Gasteiger partial charge in [-0.2, -0.15) is 5.26 Å². The maximum absolute atomic E-state index is 13.0. The summed E-state index contributed by atoms with van der Waals surface area (Å²) < 4.78 is 10.5. The Bertz CT molecular complexity index is 756. The van der Waals surface area contributed by atoms with E-state index < -0.39 is 0 Å². The normalized spacial score (nSPS) is 11.3. The molecule has 0 radical (unpaired) electrons. The average Bonchev–Trinajstić information content (AvgIpc) is 2.67. The Morgan fingerprint density at radius 3 is 2.12 bits per heavy atom. The van der Waals surface area contributed by atoms with Crippen molar-refractivity contribution in [2.75, 3.05) is 20.8 Å². The first-order chi connectivity index (χ1) is 12.0. The summed E-state index contributed by atoms with van der Waals surface area (Å²) in [6.07, 6.45) is 0. The molecule has 0 fully saturated rings. The number of rotatable bonds is 6. The van der Waals surface area contributed by atoms with Crippen molar-refractivity contribution in [3.05, 3.63) is 59.2 Å². The van der Waals surface area contributed by atoms with E-state index >= 15 is 0 Å². The lowest BCUT2D eigenvalue weighted by Crippen LogP contribution is -2.33. The third-order valence-corrected chi connectivity index (χ3v) is 4.19. The van der Waals surface area contributed by atoms with Crippen molar-refractivity contribution in [2.24, 2.45) is 0 Å². The van der Waals surface area contributed by atoms with Crippen LogP contribution in [0.4, 0.5) is 0 Å². The van der Waals surface area contributed by atoms with E-state index in [9.17, 15) is 4.79 Å². The van der Waals surface area contributed by atoms with E-state index in [1.54, 1.807) is 49.5 Å². The van der Waals surface area contributed by atoms with Gasteiger partial charge in [0.15, 0.2) is 0 Å². The summed E-state index contributed by atoms with van der Waals surface area (Å²) in [5.41, 5.74) is 2.09. The molecule has 1 atom stereocenters. The number of hydrogen-bond donors (Lipinski definition) is 0. The molecule has 0 heterocycles. The van der Waals surface area contributed by atoms with Crippen molar-refractivity contribution >= 4 is 5.91 Å². The molecule has 2 aromatic rings. The molecule has 0 aliphatic rings. The smallest absolute Gasteiger partial charge is 0.254 e. The number of nitrogens with zero attached hydrogens (tertiary/aromatic N) is 2. The Balaban J connectivity index is 2.32. The Morgan fingerprint density at radius 1 is 1.12 bits per heavy atom. The molecular formula is C20H22N2O3. The summed E-state index contributed by atoms with van der Waals surface area (Å²) in [6, 6.07) is 14.4. The van der Waals surface area contributed by atoms with E-state index in [0.29, 0.717) is 29.2 Å². The van der Waals surface area contributed by atoms with Gasteiger partial charge in [-0.3, -0.25) is 4.79 Å². The molecule has 0 bridgehead atoms. The SMILES string of the molecule is CCN(C(=O)c1cc(OC)cc(OC)c1)C(C)c1ccc(C#N)cc1. The first kappa shape index (κ1) is 18.3. The quantitative estimate of drug-likeness (QED) is 0.804. The zero-order valence-electron chi connectivity index (χ0n) is 14.9. The van der Waals surface area contributed by atoms with Gasteiger partial charge >= 0.3 is 0 Å². The van der Waals surface area contributed by atoms with E-state index in [1.807, 2.05) is 26.0 Å². The largest absolute Gasteiger partial charge is 0.497 e. The molecule has 2 rings (SSSR count). The van der Waals surface area contributed by atoms with E-state index in [-0.39, 0.29) is 11.9 Å². The second-order valence-electron chi connectivity index (χ2n) is 5.60. The summed E-state index contributed by atoms with van der Waals surface area (Å²) in [6.45, 7) is 4.47. The van der Waals surface area contributed by atoms with Gasteiger partial charge in [0, 0.05) is 18.2 Å². The van der Waals surface area contributed by atoms with Crippen molar-refractivity contribution < 1.29 is 14.3 Å². The summed E-state index contributed by atoms with van der Waals surface area (Å²) in [5.74, 6) is 1.05. The van der Waals surface area contributed by atoms with Gasteiger partial charge < -0.3 is 14.4 Å². The molecule has 1 amide bonds. The monoisotopic (exact) mass is 338 g/mol. The van der Waals surface area contributed by atoms with E-state index in [2.05, 4.69) is 6.07 Å². The predicted octanol–water partition coefficient (Wildman–Crippen LogP) is 3.80. The number of hydrogen-bond acceptors (Lipinski definition) is 4. The molecule has 0 spiro atoms. The third kappa shape index (κ3) is 4.10. The maximum Gasteiger partial charge on any atom is 0.254 e. The number of benzene rings is 2. The first-order valence-corrected chi connectivity index (χ1v) is 8.08. The lowest BCUT2D eigenvalue weighted by atomic mass is 10.0. The highest BCUT2D eigenvalue weighted by molar-refractivity contribution is 5.95. The molecule has 25 heavy (non-hydrogen) atoms. The van der Waals surface area contributed by atoms with Crippen LogP contribution in [0.25, 0.3) is 0 Å². The summed E-state index contributed by atoms with van der Waals surface area (Å²) in [5, 5.41) is 8.92. The minimum atomic E-state index is -0.123. The van der Waals surface area contributed by atoms with Crippen LogP contribution in [0.3, 0.4) is 0 Å².